The monoisotopic (exact) mass is 354 g/mol. The molecule has 3 aliphatic rings. The van der Waals surface area contributed by atoms with Crippen LogP contribution in [0.15, 0.2) is 35.3 Å². The number of likely N-dealkylation sites (tertiary alicyclic amines) is 1. The molecule has 0 aromatic heterocycles. The van der Waals surface area contributed by atoms with Gasteiger partial charge in [-0.3, -0.25) is 4.99 Å². The van der Waals surface area contributed by atoms with Gasteiger partial charge in [0.2, 0.25) is 0 Å². The molecule has 1 aromatic rings. The Bertz CT molecular complexity index is 585. The molecule has 4 rings (SSSR count). The molecule has 1 aromatic carbocycles. The lowest BCUT2D eigenvalue weighted by Gasteiger charge is -2.39. The first-order valence-corrected chi connectivity index (χ1v) is 10.6. The normalized spacial score (nSPS) is 28.7. The van der Waals surface area contributed by atoms with Crippen molar-refractivity contribution in [2.24, 2.45) is 4.99 Å². The van der Waals surface area contributed by atoms with E-state index in [2.05, 4.69) is 50.9 Å². The van der Waals surface area contributed by atoms with E-state index in [9.17, 15) is 0 Å². The number of guanidine groups is 1. The third-order valence-electron chi connectivity index (χ3n) is 6.53. The molecular formula is C22H34N4. The first-order chi connectivity index (χ1) is 12.8. The molecule has 4 heteroatoms. The summed E-state index contributed by atoms with van der Waals surface area (Å²) in [6.45, 7) is 2.49. The van der Waals surface area contributed by atoms with E-state index in [1.807, 2.05) is 7.05 Å². The second kappa shape index (κ2) is 8.43. The Balaban J connectivity index is 1.21. The Labute approximate surface area is 158 Å². The minimum absolute atomic E-state index is 0.533. The van der Waals surface area contributed by atoms with Gasteiger partial charge in [0.05, 0.1) is 0 Å². The molecule has 142 valence electrons. The van der Waals surface area contributed by atoms with E-state index >= 15 is 0 Å². The fourth-order valence-corrected chi connectivity index (χ4v) is 4.82. The summed E-state index contributed by atoms with van der Waals surface area (Å²) in [6.07, 6.45) is 10.8. The van der Waals surface area contributed by atoms with Crippen molar-refractivity contribution in [3.8, 4) is 0 Å². The molecule has 0 bridgehead atoms. The number of benzene rings is 1. The van der Waals surface area contributed by atoms with Crippen molar-refractivity contribution >= 4 is 5.96 Å². The zero-order chi connectivity index (χ0) is 17.8. The van der Waals surface area contributed by atoms with Gasteiger partial charge in [0.1, 0.15) is 0 Å². The van der Waals surface area contributed by atoms with Gasteiger partial charge in [0.25, 0.3) is 0 Å². The number of hydrogen-bond donors (Lipinski definition) is 2. The number of aliphatic imine (C=N–C) groups is 1. The summed E-state index contributed by atoms with van der Waals surface area (Å²) < 4.78 is 0. The van der Waals surface area contributed by atoms with Gasteiger partial charge in [-0.1, -0.05) is 49.6 Å². The zero-order valence-electron chi connectivity index (χ0n) is 16.2. The van der Waals surface area contributed by atoms with Crippen LogP contribution in [0.4, 0.5) is 0 Å². The molecule has 26 heavy (non-hydrogen) atoms. The molecule has 2 aliphatic carbocycles. The number of hydrogen-bond acceptors (Lipinski definition) is 2. The molecule has 3 fully saturated rings. The van der Waals surface area contributed by atoms with E-state index < -0.39 is 0 Å². The van der Waals surface area contributed by atoms with E-state index in [1.165, 1.54) is 70.0 Å². The average Bonchev–Trinajstić information content (AvgIpc) is 3.48. The lowest BCUT2D eigenvalue weighted by atomic mass is 9.92. The minimum Gasteiger partial charge on any atom is -0.354 e. The van der Waals surface area contributed by atoms with Crippen molar-refractivity contribution in [1.82, 2.24) is 15.5 Å². The van der Waals surface area contributed by atoms with Crippen LogP contribution in [0.2, 0.25) is 0 Å². The maximum Gasteiger partial charge on any atom is 0.191 e. The fourth-order valence-electron chi connectivity index (χ4n) is 4.82. The molecule has 2 unspecified atom stereocenters. The quantitative estimate of drug-likeness (QED) is 0.642. The fraction of sp³-hybridized carbons (Fsp3) is 0.682. The highest BCUT2D eigenvalue weighted by Gasteiger charge is 2.39. The number of nitrogens with zero attached hydrogens (tertiary/aromatic N) is 2. The van der Waals surface area contributed by atoms with Gasteiger partial charge in [-0.15, -0.1) is 0 Å². The van der Waals surface area contributed by atoms with E-state index in [1.54, 1.807) is 0 Å². The highest BCUT2D eigenvalue weighted by molar-refractivity contribution is 5.80. The van der Waals surface area contributed by atoms with Gasteiger partial charge in [-0.2, -0.15) is 0 Å². The molecule has 2 N–H and O–H groups in total. The maximum absolute atomic E-state index is 4.48. The first kappa shape index (κ1) is 17.8. The summed E-state index contributed by atoms with van der Waals surface area (Å²) in [7, 11) is 1.90. The van der Waals surface area contributed by atoms with Crippen molar-refractivity contribution in [3.05, 3.63) is 35.9 Å². The van der Waals surface area contributed by atoms with Crippen LogP contribution in [0.1, 0.15) is 62.8 Å². The van der Waals surface area contributed by atoms with Crippen molar-refractivity contribution in [3.63, 3.8) is 0 Å². The number of piperidine rings is 1. The van der Waals surface area contributed by atoms with Crippen molar-refractivity contribution in [2.45, 2.75) is 75.4 Å². The van der Waals surface area contributed by atoms with Gasteiger partial charge in [0.15, 0.2) is 5.96 Å². The van der Waals surface area contributed by atoms with Gasteiger partial charge >= 0.3 is 0 Å². The van der Waals surface area contributed by atoms with E-state index in [0.717, 1.165) is 12.0 Å². The molecule has 1 heterocycles. The predicted molar refractivity (Wildman–Crippen MR) is 109 cm³/mol. The van der Waals surface area contributed by atoms with Gasteiger partial charge < -0.3 is 15.5 Å². The minimum atomic E-state index is 0.533. The smallest absolute Gasteiger partial charge is 0.191 e. The van der Waals surface area contributed by atoms with Crippen LogP contribution in [0.5, 0.6) is 0 Å². The van der Waals surface area contributed by atoms with Crippen molar-refractivity contribution in [1.29, 1.82) is 0 Å². The Hall–Kier alpha value is -1.55. The summed E-state index contributed by atoms with van der Waals surface area (Å²) in [5.41, 5.74) is 1.45. The molecule has 1 saturated heterocycles. The molecule has 1 aliphatic heterocycles. The van der Waals surface area contributed by atoms with Crippen LogP contribution in [0.25, 0.3) is 0 Å². The van der Waals surface area contributed by atoms with Crippen LogP contribution in [-0.2, 0) is 0 Å². The Morgan fingerprint density at radius 1 is 0.962 bits per heavy atom. The van der Waals surface area contributed by atoms with E-state index in [-0.39, 0.29) is 0 Å². The average molecular weight is 355 g/mol. The molecule has 2 saturated carbocycles. The van der Waals surface area contributed by atoms with Gasteiger partial charge in [-0.25, -0.2) is 0 Å². The van der Waals surface area contributed by atoms with Crippen molar-refractivity contribution in [2.75, 3.05) is 20.1 Å². The summed E-state index contributed by atoms with van der Waals surface area (Å²) >= 11 is 0. The molecule has 0 spiro atoms. The summed E-state index contributed by atoms with van der Waals surface area (Å²) in [6, 6.07) is 12.8. The van der Waals surface area contributed by atoms with Crippen LogP contribution >= 0.6 is 0 Å². The highest BCUT2D eigenvalue weighted by atomic mass is 15.2. The molecular weight excluding hydrogens is 320 g/mol. The number of rotatable bonds is 4. The predicted octanol–water partition coefficient (Wildman–Crippen LogP) is 3.50. The van der Waals surface area contributed by atoms with Gasteiger partial charge in [0, 0.05) is 44.2 Å². The number of nitrogens with one attached hydrogen (secondary N) is 2. The summed E-state index contributed by atoms with van der Waals surface area (Å²) in [4.78, 5) is 7.23. The highest BCUT2D eigenvalue weighted by Crippen LogP contribution is 2.40. The largest absolute Gasteiger partial charge is 0.354 e. The molecule has 0 amide bonds. The first-order valence-electron chi connectivity index (χ1n) is 10.6. The Kier molecular flexibility index (Phi) is 5.78. The maximum atomic E-state index is 4.48. The van der Waals surface area contributed by atoms with E-state index in [4.69, 9.17) is 0 Å². The van der Waals surface area contributed by atoms with Crippen LogP contribution in [-0.4, -0.2) is 49.1 Å². The standard InChI is InChI=1S/C22H34N4/c1-23-22(25-21-16-20(21)17-8-4-2-5-9-17)24-18-12-14-26(15-13-18)19-10-6-3-7-11-19/h2,4-5,8-9,18-21H,3,6-7,10-16H2,1H3,(H2,23,24,25). The van der Waals surface area contributed by atoms with Crippen LogP contribution < -0.4 is 10.6 Å². The zero-order valence-corrected chi connectivity index (χ0v) is 16.2. The third kappa shape index (κ3) is 4.40. The Morgan fingerprint density at radius 3 is 2.38 bits per heavy atom. The van der Waals surface area contributed by atoms with Crippen LogP contribution in [0, 0.1) is 0 Å². The lowest BCUT2D eigenvalue weighted by molar-refractivity contribution is 0.119. The van der Waals surface area contributed by atoms with E-state index in [0.29, 0.717) is 18.0 Å². The topological polar surface area (TPSA) is 39.7 Å². The molecule has 2 atom stereocenters. The Morgan fingerprint density at radius 2 is 1.69 bits per heavy atom. The third-order valence-corrected chi connectivity index (χ3v) is 6.53. The molecule has 0 radical (unpaired) electrons. The van der Waals surface area contributed by atoms with Crippen molar-refractivity contribution < 1.29 is 0 Å². The SMILES string of the molecule is CN=C(NC1CCN(C2CCCCC2)CC1)NC1CC1c1ccccc1. The molecule has 4 nitrogen and oxygen atoms in total. The second-order valence-electron chi connectivity index (χ2n) is 8.32. The summed E-state index contributed by atoms with van der Waals surface area (Å²) in [5, 5.41) is 7.32. The van der Waals surface area contributed by atoms with Crippen LogP contribution in [0.3, 0.4) is 0 Å². The second-order valence-corrected chi connectivity index (χ2v) is 8.32. The van der Waals surface area contributed by atoms with Gasteiger partial charge in [-0.05, 0) is 37.7 Å². The lowest BCUT2D eigenvalue weighted by Crippen LogP contribution is -2.51. The summed E-state index contributed by atoms with van der Waals surface area (Å²) in [5.74, 6) is 1.63.